The Morgan fingerprint density at radius 1 is 1.05 bits per heavy atom. The molecule has 2 aromatic rings. The van der Waals surface area contributed by atoms with Crippen LogP contribution in [0.4, 0.5) is 22.9 Å². The third-order valence-electron chi connectivity index (χ3n) is 3.63. The summed E-state index contributed by atoms with van der Waals surface area (Å²) >= 11 is 0. The lowest BCUT2D eigenvalue weighted by atomic mass is 10.1. The van der Waals surface area contributed by atoms with Crippen LogP contribution in [-0.2, 0) is 0 Å². The average Bonchev–Trinajstić information content (AvgIpc) is 2.43. The van der Waals surface area contributed by atoms with Crippen LogP contribution < -0.4 is 15.5 Å². The van der Waals surface area contributed by atoms with Crippen molar-refractivity contribution in [3.8, 4) is 0 Å². The molecule has 0 unspecified atom stereocenters. The number of hydrogen-bond donors (Lipinski definition) is 1. The van der Waals surface area contributed by atoms with Gasteiger partial charge in [-0.15, -0.1) is 0 Å². The highest BCUT2D eigenvalue weighted by molar-refractivity contribution is 5.78. The van der Waals surface area contributed by atoms with E-state index in [1.807, 2.05) is 19.1 Å². The van der Waals surface area contributed by atoms with E-state index in [2.05, 4.69) is 46.1 Å². The zero-order valence-corrected chi connectivity index (χ0v) is 11.3. The minimum Gasteiger partial charge on any atom is -0.397 e. The molecule has 19 heavy (non-hydrogen) atoms. The van der Waals surface area contributed by atoms with Gasteiger partial charge < -0.3 is 15.5 Å². The van der Waals surface area contributed by atoms with E-state index in [4.69, 9.17) is 5.73 Å². The number of benzene rings is 1. The minimum atomic E-state index is 0.742. The molecule has 1 aromatic carbocycles. The van der Waals surface area contributed by atoms with Crippen molar-refractivity contribution in [1.29, 1.82) is 0 Å². The van der Waals surface area contributed by atoms with E-state index in [0.29, 0.717) is 0 Å². The maximum absolute atomic E-state index is 5.85. The topological polar surface area (TPSA) is 45.4 Å². The fourth-order valence-electron chi connectivity index (χ4n) is 2.45. The Bertz CT molecular complexity index is 609. The number of nitrogens with two attached hydrogens (primary N) is 1. The molecule has 4 heteroatoms. The molecule has 98 valence electrons. The molecule has 1 aliphatic heterocycles. The van der Waals surface area contributed by atoms with Crippen molar-refractivity contribution in [3.63, 3.8) is 0 Å². The number of rotatable bonds is 1. The van der Waals surface area contributed by atoms with Crippen LogP contribution in [0.3, 0.4) is 0 Å². The Kier molecular flexibility index (Phi) is 2.78. The van der Waals surface area contributed by atoms with Crippen molar-refractivity contribution >= 4 is 22.9 Å². The monoisotopic (exact) mass is 254 g/mol. The van der Waals surface area contributed by atoms with Crippen LogP contribution in [0.15, 0.2) is 36.4 Å². The van der Waals surface area contributed by atoms with E-state index in [0.717, 1.165) is 30.3 Å². The van der Waals surface area contributed by atoms with E-state index in [1.54, 1.807) is 0 Å². The van der Waals surface area contributed by atoms with Gasteiger partial charge in [-0.05, 0) is 31.2 Å². The van der Waals surface area contributed by atoms with Gasteiger partial charge in [0.15, 0.2) is 0 Å². The van der Waals surface area contributed by atoms with Crippen molar-refractivity contribution in [3.05, 3.63) is 42.1 Å². The maximum atomic E-state index is 5.85. The van der Waals surface area contributed by atoms with Gasteiger partial charge in [0.05, 0.1) is 22.8 Å². The SMILES string of the molecule is Cc1nc(N2CCN(C)c3ccccc32)ccc1N. The van der Waals surface area contributed by atoms with Crippen molar-refractivity contribution in [2.24, 2.45) is 0 Å². The molecule has 0 spiro atoms. The van der Waals surface area contributed by atoms with Crippen LogP contribution in [0.5, 0.6) is 0 Å². The lowest BCUT2D eigenvalue weighted by molar-refractivity contribution is 0.812. The fraction of sp³-hybridized carbons (Fsp3) is 0.267. The number of likely N-dealkylation sites (N-methyl/N-ethyl adjacent to an activating group) is 1. The second-order valence-corrected chi connectivity index (χ2v) is 4.91. The van der Waals surface area contributed by atoms with Gasteiger partial charge >= 0.3 is 0 Å². The van der Waals surface area contributed by atoms with Gasteiger partial charge in [0.25, 0.3) is 0 Å². The van der Waals surface area contributed by atoms with Crippen LogP contribution in [0.2, 0.25) is 0 Å². The van der Waals surface area contributed by atoms with Gasteiger partial charge in [-0.2, -0.15) is 0 Å². The molecule has 0 aliphatic carbocycles. The number of anilines is 4. The van der Waals surface area contributed by atoms with E-state index in [1.165, 1.54) is 11.4 Å². The highest BCUT2D eigenvalue weighted by Gasteiger charge is 2.21. The Morgan fingerprint density at radius 2 is 1.79 bits per heavy atom. The van der Waals surface area contributed by atoms with Crippen LogP contribution in [0.1, 0.15) is 5.69 Å². The molecule has 0 fully saturated rings. The van der Waals surface area contributed by atoms with Crippen LogP contribution >= 0.6 is 0 Å². The molecule has 0 amide bonds. The number of aromatic nitrogens is 1. The Balaban J connectivity index is 2.07. The molecule has 0 saturated heterocycles. The van der Waals surface area contributed by atoms with Gasteiger partial charge in [-0.3, -0.25) is 0 Å². The molecule has 4 nitrogen and oxygen atoms in total. The molecule has 0 atom stereocenters. The summed E-state index contributed by atoms with van der Waals surface area (Å²) in [5.41, 5.74) is 9.91. The summed E-state index contributed by atoms with van der Waals surface area (Å²) in [6.45, 7) is 3.87. The first-order valence-electron chi connectivity index (χ1n) is 6.47. The normalized spacial score (nSPS) is 14.4. The summed E-state index contributed by atoms with van der Waals surface area (Å²) in [6.07, 6.45) is 0. The zero-order chi connectivity index (χ0) is 13.4. The summed E-state index contributed by atoms with van der Waals surface area (Å²) in [5.74, 6) is 0.965. The maximum Gasteiger partial charge on any atom is 0.133 e. The lowest BCUT2D eigenvalue weighted by Gasteiger charge is -2.36. The number of pyridine rings is 1. The van der Waals surface area contributed by atoms with Gasteiger partial charge in [0.1, 0.15) is 5.82 Å². The first-order valence-corrected chi connectivity index (χ1v) is 6.47. The fourth-order valence-corrected chi connectivity index (χ4v) is 2.45. The van der Waals surface area contributed by atoms with Crippen molar-refractivity contribution < 1.29 is 0 Å². The second-order valence-electron chi connectivity index (χ2n) is 4.91. The molecule has 3 rings (SSSR count). The molecule has 0 saturated carbocycles. The predicted molar refractivity (Wildman–Crippen MR) is 80.1 cm³/mol. The number of fused-ring (bicyclic) bond motifs is 1. The number of hydrogen-bond acceptors (Lipinski definition) is 4. The summed E-state index contributed by atoms with van der Waals surface area (Å²) in [4.78, 5) is 9.13. The zero-order valence-electron chi connectivity index (χ0n) is 11.3. The molecule has 1 aromatic heterocycles. The van der Waals surface area contributed by atoms with E-state index in [-0.39, 0.29) is 0 Å². The molecule has 0 radical (unpaired) electrons. The van der Waals surface area contributed by atoms with E-state index < -0.39 is 0 Å². The molecule has 1 aliphatic rings. The predicted octanol–water partition coefficient (Wildman–Crippen LogP) is 2.56. The van der Waals surface area contributed by atoms with Crippen LogP contribution in [0.25, 0.3) is 0 Å². The third-order valence-corrected chi connectivity index (χ3v) is 3.63. The molecule has 2 heterocycles. The van der Waals surface area contributed by atoms with E-state index >= 15 is 0 Å². The Morgan fingerprint density at radius 3 is 2.53 bits per heavy atom. The molecule has 2 N–H and O–H groups in total. The average molecular weight is 254 g/mol. The molecular formula is C15H18N4. The first kappa shape index (κ1) is 11.8. The van der Waals surface area contributed by atoms with Gasteiger partial charge in [0, 0.05) is 20.1 Å². The largest absolute Gasteiger partial charge is 0.397 e. The number of nitrogen functional groups attached to an aromatic ring is 1. The number of para-hydroxylation sites is 2. The minimum absolute atomic E-state index is 0.742. The van der Waals surface area contributed by atoms with Gasteiger partial charge in [-0.25, -0.2) is 4.98 Å². The third kappa shape index (κ3) is 1.99. The molecule has 0 bridgehead atoms. The second kappa shape index (κ2) is 4.46. The highest BCUT2D eigenvalue weighted by Crippen LogP contribution is 2.36. The first-order chi connectivity index (χ1) is 9.16. The Labute approximate surface area is 113 Å². The standard InChI is InChI=1S/C15H18N4/c1-11-12(16)7-8-15(17-11)19-10-9-18(2)13-5-3-4-6-14(13)19/h3-8H,9-10,16H2,1-2H3. The number of nitrogens with zero attached hydrogens (tertiary/aromatic N) is 3. The highest BCUT2D eigenvalue weighted by atomic mass is 15.3. The quantitative estimate of drug-likeness (QED) is 0.849. The number of aryl methyl sites for hydroxylation is 1. The summed E-state index contributed by atoms with van der Waals surface area (Å²) < 4.78 is 0. The van der Waals surface area contributed by atoms with Gasteiger partial charge in [-0.1, -0.05) is 12.1 Å². The van der Waals surface area contributed by atoms with E-state index in [9.17, 15) is 0 Å². The smallest absolute Gasteiger partial charge is 0.133 e. The lowest BCUT2D eigenvalue weighted by Crippen LogP contribution is -2.36. The van der Waals surface area contributed by atoms with Crippen LogP contribution in [0, 0.1) is 6.92 Å². The van der Waals surface area contributed by atoms with Gasteiger partial charge in [0.2, 0.25) is 0 Å². The van der Waals surface area contributed by atoms with Crippen molar-refractivity contribution in [2.45, 2.75) is 6.92 Å². The summed E-state index contributed by atoms with van der Waals surface area (Å²) in [7, 11) is 2.12. The van der Waals surface area contributed by atoms with Crippen molar-refractivity contribution in [1.82, 2.24) is 4.98 Å². The molecular weight excluding hydrogens is 236 g/mol. The Hall–Kier alpha value is -2.23. The van der Waals surface area contributed by atoms with Crippen molar-refractivity contribution in [2.75, 3.05) is 35.7 Å². The summed E-state index contributed by atoms with van der Waals surface area (Å²) in [6, 6.07) is 12.3. The summed E-state index contributed by atoms with van der Waals surface area (Å²) in [5, 5.41) is 0. The van der Waals surface area contributed by atoms with Crippen LogP contribution in [-0.4, -0.2) is 25.1 Å².